The standard InChI is InChI=1S/C17H26ClN3O2/c1-12-7-8-23-11-13(12)9-19-15-10-20-21(17(22)16(15)18)14-5-3-2-4-6-14/h10,12-14,19H,2-9,11H2,1H3. The lowest BCUT2D eigenvalue weighted by atomic mass is 9.90. The van der Waals surface area contributed by atoms with Crippen LogP contribution >= 0.6 is 11.6 Å². The zero-order valence-corrected chi connectivity index (χ0v) is 14.5. The maximum Gasteiger partial charge on any atom is 0.287 e. The Morgan fingerprint density at radius 2 is 2.13 bits per heavy atom. The molecule has 2 unspecified atom stereocenters. The van der Waals surface area contributed by atoms with Crippen molar-refractivity contribution in [3.63, 3.8) is 0 Å². The van der Waals surface area contributed by atoms with Crippen molar-refractivity contribution in [2.45, 2.75) is 51.5 Å². The molecule has 1 aromatic rings. The number of nitrogens with zero attached hydrogens (tertiary/aromatic N) is 2. The molecule has 6 heteroatoms. The highest BCUT2D eigenvalue weighted by Crippen LogP contribution is 2.28. The summed E-state index contributed by atoms with van der Waals surface area (Å²) in [5.41, 5.74) is 0.470. The highest BCUT2D eigenvalue weighted by atomic mass is 35.5. The van der Waals surface area contributed by atoms with E-state index in [0.29, 0.717) is 17.5 Å². The third-order valence-corrected chi connectivity index (χ3v) is 5.64. The van der Waals surface area contributed by atoms with Gasteiger partial charge in [0.25, 0.3) is 5.56 Å². The predicted molar refractivity (Wildman–Crippen MR) is 92.2 cm³/mol. The summed E-state index contributed by atoms with van der Waals surface area (Å²) in [5, 5.41) is 7.93. The number of rotatable bonds is 4. The topological polar surface area (TPSA) is 56.1 Å². The summed E-state index contributed by atoms with van der Waals surface area (Å²) >= 11 is 6.30. The van der Waals surface area contributed by atoms with Crippen molar-refractivity contribution in [2.75, 3.05) is 25.1 Å². The van der Waals surface area contributed by atoms with E-state index in [1.54, 1.807) is 10.9 Å². The molecule has 0 aromatic carbocycles. The van der Waals surface area contributed by atoms with E-state index in [0.717, 1.165) is 51.9 Å². The van der Waals surface area contributed by atoms with Crippen LogP contribution in [0.5, 0.6) is 0 Å². The lowest BCUT2D eigenvalue weighted by molar-refractivity contribution is 0.0280. The van der Waals surface area contributed by atoms with Crippen LogP contribution in [0.1, 0.15) is 51.5 Å². The quantitative estimate of drug-likeness (QED) is 0.912. The Kier molecular flexibility index (Phi) is 5.59. The molecule has 128 valence electrons. The van der Waals surface area contributed by atoms with Crippen molar-refractivity contribution in [1.82, 2.24) is 9.78 Å². The van der Waals surface area contributed by atoms with E-state index in [2.05, 4.69) is 17.3 Å². The Labute approximate surface area is 142 Å². The first kappa shape index (κ1) is 16.8. The van der Waals surface area contributed by atoms with E-state index >= 15 is 0 Å². The molecule has 1 aromatic heterocycles. The average molecular weight is 340 g/mol. The molecule has 3 rings (SSSR count). The minimum Gasteiger partial charge on any atom is -0.382 e. The monoisotopic (exact) mass is 339 g/mol. The van der Waals surface area contributed by atoms with Crippen LogP contribution in [0.15, 0.2) is 11.0 Å². The number of halogens is 1. The Bertz CT molecular complexity index is 584. The molecule has 23 heavy (non-hydrogen) atoms. The Balaban J connectivity index is 1.68. The van der Waals surface area contributed by atoms with Crippen LogP contribution < -0.4 is 10.9 Å². The molecule has 1 saturated heterocycles. The molecule has 1 N–H and O–H groups in total. The van der Waals surface area contributed by atoms with Gasteiger partial charge in [0.15, 0.2) is 0 Å². The molecular weight excluding hydrogens is 314 g/mol. The van der Waals surface area contributed by atoms with E-state index in [4.69, 9.17) is 16.3 Å². The van der Waals surface area contributed by atoms with Gasteiger partial charge in [0, 0.05) is 19.1 Å². The molecule has 0 radical (unpaired) electrons. The summed E-state index contributed by atoms with van der Waals surface area (Å²) in [5.74, 6) is 1.06. The maximum absolute atomic E-state index is 12.5. The van der Waals surface area contributed by atoms with Gasteiger partial charge in [0.2, 0.25) is 0 Å². The molecule has 1 aliphatic carbocycles. The van der Waals surface area contributed by atoms with Crippen LogP contribution in [0.2, 0.25) is 5.02 Å². The highest BCUT2D eigenvalue weighted by molar-refractivity contribution is 6.32. The van der Waals surface area contributed by atoms with Crippen molar-refractivity contribution >= 4 is 17.3 Å². The zero-order valence-electron chi connectivity index (χ0n) is 13.8. The molecule has 0 bridgehead atoms. The summed E-state index contributed by atoms with van der Waals surface area (Å²) < 4.78 is 7.12. The van der Waals surface area contributed by atoms with Gasteiger partial charge in [-0.3, -0.25) is 4.79 Å². The molecule has 1 aliphatic heterocycles. The Morgan fingerprint density at radius 3 is 2.87 bits per heavy atom. The third kappa shape index (κ3) is 3.89. The average Bonchev–Trinajstić information content (AvgIpc) is 2.58. The first-order valence-corrected chi connectivity index (χ1v) is 9.13. The van der Waals surface area contributed by atoms with E-state index in [1.807, 2.05) is 0 Å². The summed E-state index contributed by atoms with van der Waals surface area (Å²) in [7, 11) is 0. The lowest BCUT2D eigenvalue weighted by Gasteiger charge is -2.29. The minimum atomic E-state index is -0.170. The maximum atomic E-state index is 12.5. The normalized spacial score (nSPS) is 26.2. The fourth-order valence-electron chi connectivity index (χ4n) is 3.56. The molecule has 2 atom stereocenters. The molecule has 2 heterocycles. The number of hydrogen-bond donors (Lipinski definition) is 1. The van der Waals surface area contributed by atoms with Gasteiger partial charge in [-0.1, -0.05) is 37.8 Å². The summed E-state index contributed by atoms with van der Waals surface area (Å²) in [6.45, 7) is 4.61. The van der Waals surface area contributed by atoms with E-state index < -0.39 is 0 Å². The van der Waals surface area contributed by atoms with Crippen molar-refractivity contribution in [3.05, 3.63) is 21.6 Å². The fourth-order valence-corrected chi connectivity index (χ4v) is 3.76. The molecule has 0 spiro atoms. The zero-order chi connectivity index (χ0) is 16.2. The third-order valence-electron chi connectivity index (χ3n) is 5.27. The van der Waals surface area contributed by atoms with Gasteiger partial charge in [-0.05, 0) is 25.2 Å². The second kappa shape index (κ2) is 7.67. The molecule has 1 saturated carbocycles. The Morgan fingerprint density at radius 1 is 1.35 bits per heavy atom. The van der Waals surface area contributed by atoms with Crippen LogP contribution in [0.25, 0.3) is 0 Å². The summed E-state index contributed by atoms with van der Waals surface area (Å²) in [4.78, 5) is 12.5. The predicted octanol–water partition coefficient (Wildman–Crippen LogP) is 3.49. The van der Waals surface area contributed by atoms with Gasteiger partial charge in [0.05, 0.1) is 24.5 Å². The van der Waals surface area contributed by atoms with Gasteiger partial charge in [-0.15, -0.1) is 0 Å². The van der Waals surface area contributed by atoms with E-state index in [-0.39, 0.29) is 16.6 Å². The van der Waals surface area contributed by atoms with Crippen molar-refractivity contribution in [2.24, 2.45) is 11.8 Å². The van der Waals surface area contributed by atoms with Crippen molar-refractivity contribution in [1.29, 1.82) is 0 Å². The van der Waals surface area contributed by atoms with Gasteiger partial charge >= 0.3 is 0 Å². The van der Waals surface area contributed by atoms with Crippen LogP contribution in [0.4, 0.5) is 5.69 Å². The molecule has 5 nitrogen and oxygen atoms in total. The van der Waals surface area contributed by atoms with Gasteiger partial charge in [0.1, 0.15) is 5.02 Å². The fraction of sp³-hybridized carbons (Fsp3) is 0.765. The molecular formula is C17H26ClN3O2. The SMILES string of the molecule is CC1CCOCC1CNc1cnn(C2CCCCC2)c(=O)c1Cl. The number of anilines is 1. The lowest BCUT2D eigenvalue weighted by Crippen LogP contribution is -2.32. The molecule has 2 aliphatic rings. The minimum absolute atomic E-state index is 0.170. The number of ether oxygens (including phenoxy) is 1. The van der Waals surface area contributed by atoms with E-state index in [9.17, 15) is 4.79 Å². The van der Waals surface area contributed by atoms with Gasteiger partial charge < -0.3 is 10.1 Å². The second-order valence-electron chi connectivity index (χ2n) is 6.90. The smallest absolute Gasteiger partial charge is 0.287 e. The van der Waals surface area contributed by atoms with Crippen molar-refractivity contribution in [3.8, 4) is 0 Å². The second-order valence-corrected chi connectivity index (χ2v) is 7.27. The van der Waals surface area contributed by atoms with Crippen molar-refractivity contribution < 1.29 is 4.74 Å². The van der Waals surface area contributed by atoms with Crippen LogP contribution in [-0.4, -0.2) is 29.5 Å². The summed E-state index contributed by atoms with van der Waals surface area (Å²) in [6.07, 6.45) is 8.40. The first-order chi connectivity index (χ1) is 11.2. The van der Waals surface area contributed by atoms with Crippen LogP contribution in [-0.2, 0) is 4.74 Å². The van der Waals surface area contributed by atoms with Gasteiger partial charge in [-0.25, -0.2) is 4.68 Å². The Hall–Kier alpha value is -1.07. The number of nitrogens with one attached hydrogen (secondary N) is 1. The van der Waals surface area contributed by atoms with E-state index in [1.165, 1.54) is 6.42 Å². The highest BCUT2D eigenvalue weighted by Gasteiger charge is 2.23. The molecule has 2 fully saturated rings. The van der Waals surface area contributed by atoms with Gasteiger partial charge in [-0.2, -0.15) is 5.10 Å². The largest absolute Gasteiger partial charge is 0.382 e. The van der Waals surface area contributed by atoms with Crippen LogP contribution in [0, 0.1) is 11.8 Å². The first-order valence-electron chi connectivity index (χ1n) is 8.75. The summed E-state index contributed by atoms with van der Waals surface area (Å²) in [6, 6.07) is 0.203. The number of hydrogen-bond acceptors (Lipinski definition) is 4. The molecule has 0 amide bonds. The van der Waals surface area contributed by atoms with Crippen LogP contribution in [0.3, 0.4) is 0 Å². The number of aromatic nitrogens is 2.